The zero-order valence-corrected chi connectivity index (χ0v) is 9.93. The van der Waals surface area contributed by atoms with E-state index in [9.17, 15) is 22.4 Å². The number of benzene rings is 1. The molecule has 1 aromatic rings. The van der Waals surface area contributed by atoms with E-state index in [2.05, 4.69) is 5.32 Å². The van der Waals surface area contributed by atoms with E-state index < -0.39 is 23.6 Å². The summed E-state index contributed by atoms with van der Waals surface area (Å²) in [5, 5.41) is 2.34. The van der Waals surface area contributed by atoms with E-state index in [-0.39, 0.29) is 5.69 Å². The van der Waals surface area contributed by atoms with E-state index in [1.165, 1.54) is 4.90 Å². The normalized spacial score (nSPS) is 15.7. The Balaban J connectivity index is 2.15. The minimum Gasteiger partial charge on any atom is -0.325 e. The fourth-order valence-corrected chi connectivity index (χ4v) is 1.94. The Morgan fingerprint density at radius 3 is 2.42 bits per heavy atom. The highest BCUT2D eigenvalue weighted by molar-refractivity contribution is 5.89. The zero-order chi connectivity index (χ0) is 14.0. The van der Waals surface area contributed by atoms with Gasteiger partial charge in [0, 0.05) is 18.8 Å². The van der Waals surface area contributed by atoms with E-state index in [4.69, 9.17) is 0 Å². The highest BCUT2D eigenvalue weighted by atomic mass is 19.4. The molecule has 0 atom stereocenters. The molecule has 1 aliphatic heterocycles. The molecule has 7 heteroatoms. The molecule has 3 nitrogen and oxygen atoms in total. The summed E-state index contributed by atoms with van der Waals surface area (Å²) in [6.07, 6.45) is -3.02. The molecule has 1 aliphatic rings. The lowest BCUT2D eigenvalue weighted by molar-refractivity contribution is -0.139. The lowest BCUT2D eigenvalue weighted by atomic mass is 10.2. The first-order valence-corrected chi connectivity index (χ1v) is 5.80. The molecule has 1 saturated heterocycles. The number of hydrogen-bond acceptors (Lipinski definition) is 1. The van der Waals surface area contributed by atoms with E-state index >= 15 is 0 Å². The average Bonchev–Trinajstić information content (AvgIpc) is 2.83. The van der Waals surface area contributed by atoms with Crippen LogP contribution >= 0.6 is 0 Å². The number of rotatable bonds is 1. The van der Waals surface area contributed by atoms with Gasteiger partial charge in [-0.15, -0.1) is 0 Å². The van der Waals surface area contributed by atoms with Crippen LogP contribution in [0.3, 0.4) is 0 Å². The minimum absolute atomic E-state index is 0.0642. The number of urea groups is 1. The van der Waals surface area contributed by atoms with Crippen molar-refractivity contribution in [3.63, 3.8) is 0 Å². The second-order valence-corrected chi connectivity index (χ2v) is 4.32. The Hall–Kier alpha value is -1.79. The predicted molar refractivity (Wildman–Crippen MR) is 61.2 cm³/mol. The molecule has 1 fully saturated rings. The van der Waals surface area contributed by atoms with Crippen LogP contribution in [0.2, 0.25) is 0 Å². The molecule has 1 heterocycles. The van der Waals surface area contributed by atoms with Crippen molar-refractivity contribution >= 4 is 11.7 Å². The van der Waals surface area contributed by atoms with Crippen molar-refractivity contribution in [1.82, 2.24) is 4.90 Å². The molecule has 1 aromatic carbocycles. The van der Waals surface area contributed by atoms with Crippen LogP contribution in [0.15, 0.2) is 18.2 Å². The third kappa shape index (κ3) is 3.15. The van der Waals surface area contributed by atoms with Crippen molar-refractivity contribution in [3.05, 3.63) is 29.6 Å². The molecule has 0 saturated carbocycles. The fourth-order valence-electron chi connectivity index (χ4n) is 1.94. The molecular weight excluding hydrogens is 264 g/mol. The van der Waals surface area contributed by atoms with Crippen LogP contribution in [0.1, 0.15) is 18.4 Å². The van der Waals surface area contributed by atoms with Crippen LogP contribution in [0.25, 0.3) is 0 Å². The Morgan fingerprint density at radius 2 is 1.84 bits per heavy atom. The third-order valence-corrected chi connectivity index (χ3v) is 2.92. The highest BCUT2D eigenvalue weighted by Gasteiger charge is 2.34. The van der Waals surface area contributed by atoms with Crippen molar-refractivity contribution in [2.24, 2.45) is 0 Å². The monoisotopic (exact) mass is 276 g/mol. The van der Waals surface area contributed by atoms with Gasteiger partial charge >= 0.3 is 12.2 Å². The molecule has 0 radical (unpaired) electrons. The maximum Gasteiger partial charge on any atom is 0.419 e. The molecule has 2 rings (SSSR count). The van der Waals surface area contributed by atoms with Crippen LogP contribution < -0.4 is 5.32 Å². The van der Waals surface area contributed by atoms with Crippen LogP contribution in [0.5, 0.6) is 0 Å². The lowest BCUT2D eigenvalue weighted by Gasteiger charge is -2.17. The van der Waals surface area contributed by atoms with Crippen LogP contribution in [0.4, 0.5) is 28.0 Å². The smallest absolute Gasteiger partial charge is 0.325 e. The van der Waals surface area contributed by atoms with Crippen molar-refractivity contribution < 1.29 is 22.4 Å². The summed E-state index contributed by atoms with van der Waals surface area (Å²) in [4.78, 5) is 13.2. The fraction of sp³-hybridized carbons (Fsp3) is 0.417. The molecule has 0 spiro atoms. The van der Waals surface area contributed by atoms with Gasteiger partial charge in [0.2, 0.25) is 0 Å². The number of hydrogen-bond donors (Lipinski definition) is 1. The minimum atomic E-state index is -4.78. The van der Waals surface area contributed by atoms with E-state index in [0.717, 1.165) is 18.9 Å². The maximum absolute atomic E-state index is 13.1. The van der Waals surface area contributed by atoms with Gasteiger partial charge in [-0.3, -0.25) is 0 Å². The molecule has 0 bridgehead atoms. The maximum atomic E-state index is 13.1. The molecule has 1 N–H and O–H groups in total. The molecule has 19 heavy (non-hydrogen) atoms. The molecular formula is C12H12F4N2O. The van der Waals surface area contributed by atoms with Crippen LogP contribution in [0, 0.1) is 5.82 Å². The SMILES string of the molecule is O=C(Nc1ccc(F)c(C(F)(F)F)c1)N1CCCC1. The van der Waals surface area contributed by atoms with Crippen molar-refractivity contribution in [1.29, 1.82) is 0 Å². The largest absolute Gasteiger partial charge is 0.419 e. The second-order valence-electron chi connectivity index (χ2n) is 4.32. The standard InChI is InChI=1S/C12H12F4N2O/c13-10-4-3-8(7-9(10)12(14,15)16)17-11(19)18-5-1-2-6-18/h3-4,7H,1-2,5-6H2,(H,17,19). The second kappa shape index (κ2) is 5.07. The lowest BCUT2D eigenvalue weighted by Crippen LogP contribution is -2.32. The van der Waals surface area contributed by atoms with E-state index in [0.29, 0.717) is 25.2 Å². The summed E-state index contributed by atoms with van der Waals surface area (Å²) in [5.41, 5.74) is -1.45. The number of nitrogens with one attached hydrogen (secondary N) is 1. The molecule has 0 aliphatic carbocycles. The van der Waals surface area contributed by atoms with Gasteiger partial charge in [0.05, 0.1) is 5.56 Å². The van der Waals surface area contributed by atoms with Gasteiger partial charge in [-0.2, -0.15) is 13.2 Å². The number of anilines is 1. The first kappa shape index (κ1) is 13.6. The number of carbonyl (C=O) groups excluding carboxylic acids is 1. The van der Waals surface area contributed by atoms with Crippen molar-refractivity contribution in [3.8, 4) is 0 Å². The van der Waals surface area contributed by atoms with Crippen LogP contribution in [-0.2, 0) is 6.18 Å². The zero-order valence-electron chi connectivity index (χ0n) is 9.93. The first-order chi connectivity index (χ1) is 8.88. The highest BCUT2D eigenvalue weighted by Crippen LogP contribution is 2.33. The van der Waals surface area contributed by atoms with Gasteiger partial charge < -0.3 is 10.2 Å². The average molecular weight is 276 g/mol. The quantitative estimate of drug-likeness (QED) is 0.783. The van der Waals surface area contributed by atoms with Gasteiger partial charge in [-0.25, -0.2) is 9.18 Å². The Bertz CT molecular complexity index is 481. The summed E-state index contributed by atoms with van der Waals surface area (Å²) in [6.45, 7) is 1.16. The summed E-state index contributed by atoms with van der Waals surface area (Å²) >= 11 is 0. The summed E-state index contributed by atoms with van der Waals surface area (Å²) in [5.74, 6) is -1.35. The predicted octanol–water partition coefficient (Wildman–Crippen LogP) is 3.47. The van der Waals surface area contributed by atoms with Crippen molar-refractivity contribution in [2.75, 3.05) is 18.4 Å². The molecule has 104 valence electrons. The van der Waals surface area contributed by atoms with Gasteiger partial charge in [0.15, 0.2) is 0 Å². The number of likely N-dealkylation sites (tertiary alicyclic amines) is 1. The van der Waals surface area contributed by atoms with Gasteiger partial charge in [0.25, 0.3) is 0 Å². The third-order valence-electron chi connectivity index (χ3n) is 2.92. The van der Waals surface area contributed by atoms with Crippen LogP contribution in [-0.4, -0.2) is 24.0 Å². The van der Waals surface area contributed by atoms with Gasteiger partial charge in [-0.05, 0) is 31.0 Å². The van der Waals surface area contributed by atoms with Gasteiger partial charge in [0.1, 0.15) is 5.82 Å². The number of carbonyl (C=O) groups is 1. The Morgan fingerprint density at radius 1 is 1.21 bits per heavy atom. The summed E-state index contributed by atoms with van der Waals surface area (Å²) in [7, 11) is 0. The number of nitrogens with zero attached hydrogens (tertiary/aromatic N) is 1. The number of amides is 2. The summed E-state index contributed by atoms with van der Waals surface area (Å²) < 4.78 is 50.6. The number of alkyl halides is 3. The number of halogens is 4. The Labute approximate surface area is 107 Å². The van der Waals surface area contributed by atoms with E-state index in [1.54, 1.807) is 0 Å². The van der Waals surface area contributed by atoms with E-state index in [1.807, 2.05) is 0 Å². The molecule has 0 aromatic heterocycles. The Kier molecular flexibility index (Phi) is 3.64. The topological polar surface area (TPSA) is 32.3 Å². The molecule has 0 unspecified atom stereocenters. The van der Waals surface area contributed by atoms with Crippen molar-refractivity contribution in [2.45, 2.75) is 19.0 Å². The molecule has 2 amide bonds. The first-order valence-electron chi connectivity index (χ1n) is 5.80. The van der Waals surface area contributed by atoms with Gasteiger partial charge in [-0.1, -0.05) is 0 Å². The summed E-state index contributed by atoms with van der Waals surface area (Å²) in [6, 6.07) is 1.95.